The molecule has 0 bridgehead atoms. The fourth-order valence-electron chi connectivity index (χ4n) is 2.79. The zero-order valence-electron chi connectivity index (χ0n) is 16.3. The molecule has 0 aliphatic rings. The van der Waals surface area contributed by atoms with Crippen molar-refractivity contribution in [3.05, 3.63) is 95.0 Å². The summed E-state index contributed by atoms with van der Waals surface area (Å²) in [6.45, 7) is 0. The molecule has 1 N–H and O–H groups in total. The first kappa shape index (κ1) is 20.9. The number of nitrogens with zero attached hydrogens (tertiary/aromatic N) is 4. The van der Waals surface area contributed by atoms with Crippen LogP contribution in [-0.4, -0.2) is 29.5 Å². The minimum absolute atomic E-state index is 0.0260. The molecular formula is C21H15N5O5S. The van der Waals surface area contributed by atoms with Gasteiger partial charge in [0.25, 0.3) is 15.7 Å². The largest absolute Gasteiger partial charge is 0.455 e. The third-order valence-electron chi connectivity index (χ3n) is 4.27. The van der Waals surface area contributed by atoms with E-state index in [0.717, 1.165) is 0 Å². The van der Waals surface area contributed by atoms with Crippen LogP contribution in [-0.2, 0) is 10.0 Å². The van der Waals surface area contributed by atoms with Gasteiger partial charge in [-0.2, -0.15) is 0 Å². The highest BCUT2D eigenvalue weighted by Crippen LogP contribution is 2.30. The monoisotopic (exact) mass is 449 g/mol. The number of benzene rings is 2. The number of hydrogen-bond acceptors (Lipinski definition) is 8. The summed E-state index contributed by atoms with van der Waals surface area (Å²) in [7, 11) is -3.84. The quantitative estimate of drug-likeness (QED) is 0.253. The molecule has 2 heterocycles. The van der Waals surface area contributed by atoms with Crippen LogP contribution in [0.5, 0.6) is 0 Å². The molecule has 0 unspecified atom stereocenters. The lowest BCUT2D eigenvalue weighted by molar-refractivity contribution is -0.384. The molecule has 32 heavy (non-hydrogen) atoms. The van der Waals surface area contributed by atoms with Crippen molar-refractivity contribution in [1.82, 2.24) is 9.97 Å². The van der Waals surface area contributed by atoms with Gasteiger partial charge in [-0.3, -0.25) is 15.1 Å². The molecular weight excluding hydrogens is 434 g/mol. The molecule has 2 aromatic carbocycles. The van der Waals surface area contributed by atoms with Gasteiger partial charge in [-0.15, -0.1) is 0 Å². The van der Waals surface area contributed by atoms with Crippen molar-refractivity contribution in [1.29, 1.82) is 0 Å². The van der Waals surface area contributed by atoms with Crippen LogP contribution >= 0.6 is 0 Å². The highest BCUT2D eigenvalue weighted by atomic mass is 32.2. The fourth-order valence-corrected chi connectivity index (χ4v) is 3.75. The summed E-state index contributed by atoms with van der Waals surface area (Å²) in [5.74, 6) is 0.703. The molecule has 4 rings (SSSR count). The van der Waals surface area contributed by atoms with E-state index in [4.69, 9.17) is 4.42 Å². The summed E-state index contributed by atoms with van der Waals surface area (Å²) in [4.78, 5) is 22.7. The topological polar surface area (TPSA) is 141 Å². The van der Waals surface area contributed by atoms with Crippen LogP contribution in [0.15, 0.2) is 93.4 Å². The number of aromatic nitrogens is 2. The van der Waals surface area contributed by atoms with E-state index in [-0.39, 0.29) is 16.5 Å². The number of aliphatic imine (C=N–C) groups is 1. The van der Waals surface area contributed by atoms with Crippen LogP contribution in [0, 0.1) is 10.1 Å². The van der Waals surface area contributed by atoms with Gasteiger partial charge in [-0.25, -0.2) is 23.1 Å². The van der Waals surface area contributed by atoms with Crippen LogP contribution < -0.4 is 4.72 Å². The molecule has 0 radical (unpaired) electrons. The van der Waals surface area contributed by atoms with Crippen LogP contribution in [0.4, 0.5) is 17.3 Å². The molecule has 0 saturated carbocycles. The Kier molecular flexibility index (Phi) is 5.73. The van der Waals surface area contributed by atoms with Crippen molar-refractivity contribution in [2.24, 2.45) is 4.99 Å². The predicted octanol–water partition coefficient (Wildman–Crippen LogP) is 4.20. The lowest BCUT2D eigenvalue weighted by Gasteiger charge is -2.06. The SMILES string of the molecule is O=[N+]([O-])c1ccccc1-c1ccc(C=Nc2ccc(S(=O)(=O)Nc3ncccn3)cc2)o1. The van der Waals surface area contributed by atoms with E-state index in [2.05, 4.69) is 19.7 Å². The number of sulfonamides is 1. The van der Waals surface area contributed by atoms with Crippen molar-refractivity contribution in [2.45, 2.75) is 4.90 Å². The van der Waals surface area contributed by atoms with Crippen molar-refractivity contribution >= 4 is 33.6 Å². The second-order valence-corrected chi connectivity index (χ2v) is 8.09. The van der Waals surface area contributed by atoms with E-state index in [1.165, 1.54) is 48.9 Å². The highest BCUT2D eigenvalue weighted by Gasteiger charge is 2.17. The Morgan fingerprint density at radius 1 is 0.969 bits per heavy atom. The molecule has 0 atom stereocenters. The standard InChI is InChI=1S/C21H15N5O5S/c27-26(28)19-5-2-1-4-18(19)20-11-8-16(31-20)14-24-15-6-9-17(10-7-15)32(29,30)25-21-22-12-3-13-23-21/h1-14H,(H,22,23,25). The lowest BCUT2D eigenvalue weighted by Crippen LogP contribution is -2.14. The second kappa shape index (κ2) is 8.78. The van der Waals surface area contributed by atoms with Crippen molar-refractivity contribution in [3.8, 4) is 11.3 Å². The highest BCUT2D eigenvalue weighted by molar-refractivity contribution is 7.92. The van der Waals surface area contributed by atoms with E-state index < -0.39 is 14.9 Å². The number of para-hydroxylation sites is 1. The summed E-state index contributed by atoms with van der Waals surface area (Å²) in [6, 6.07) is 17.0. The maximum absolute atomic E-state index is 12.4. The predicted molar refractivity (Wildman–Crippen MR) is 117 cm³/mol. The number of nitro benzene ring substituents is 1. The van der Waals surface area contributed by atoms with Crippen molar-refractivity contribution < 1.29 is 17.8 Å². The lowest BCUT2D eigenvalue weighted by atomic mass is 10.1. The maximum atomic E-state index is 12.4. The normalized spacial score (nSPS) is 11.5. The molecule has 0 saturated heterocycles. The average molecular weight is 449 g/mol. The van der Waals surface area contributed by atoms with Gasteiger partial charge in [-0.1, -0.05) is 12.1 Å². The molecule has 11 heteroatoms. The van der Waals surface area contributed by atoms with Gasteiger partial charge in [0, 0.05) is 18.5 Å². The first-order valence-electron chi connectivity index (χ1n) is 9.20. The Labute approximate surface area is 182 Å². The number of furan rings is 1. The van der Waals surface area contributed by atoms with Crippen LogP contribution in [0.2, 0.25) is 0 Å². The Hall–Kier alpha value is -4.38. The van der Waals surface area contributed by atoms with Crippen molar-refractivity contribution in [3.63, 3.8) is 0 Å². The van der Waals surface area contributed by atoms with E-state index in [1.807, 2.05) is 0 Å². The zero-order chi connectivity index (χ0) is 22.6. The Morgan fingerprint density at radius 2 is 1.69 bits per heavy atom. The number of nitrogens with one attached hydrogen (secondary N) is 1. The molecule has 0 fully saturated rings. The third kappa shape index (κ3) is 4.68. The van der Waals surface area contributed by atoms with Gasteiger partial charge in [0.05, 0.1) is 27.3 Å². The minimum atomic E-state index is -3.84. The Morgan fingerprint density at radius 3 is 2.41 bits per heavy atom. The number of hydrogen-bond donors (Lipinski definition) is 1. The Balaban J connectivity index is 1.49. The van der Waals surface area contributed by atoms with Crippen LogP contribution in [0.3, 0.4) is 0 Å². The first-order chi connectivity index (χ1) is 15.4. The molecule has 10 nitrogen and oxygen atoms in total. The van der Waals surface area contributed by atoms with Crippen LogP contribution in [0.25, 0.3) is 11.3 Å². The number of nitro groups is 1. The summed E-state index contributed by atoms with van der Waals surface area (Å²) in [5, 5.41) is 11.2. The molecule has 0 aliphatic carbocycles. The first-order valence-corrected chi connectivity index (χ1v) is 10.7. The molecule has 160 valence electrons. The molecule has 0 amide bonds. The maximum Gasteiger partial charge on any atom is 0.280 e. The summed E-state index contributed by atoms with van der Waals surface area (Å²) in [6.07, 6.45) is 4.30. The summed E-state index contributed by atoms with van der Waals surface area (Å²) < 4.78 is 32.8. The molecule has 4 aromatic rings. The summed E-state index contributed by atoms with van der Waals surface area (Å²) >= 11 is 0. The van der Waals surface area contributed by atoms with Gasteiger partial charge < -0.3 is 4.42 Å². The minimum Gasteiger partial charge on any atom is -0.455 e. The number of anilines is 1. The van der Waals surface area contributed by atoms with Gasteiger partial charge in [0.15, 0.2) is 0 Å². The second-order valence-electron chi connectivity index (χ2n) is 6.41. The van der Waals surface area contributed by atoms with E-state index in [1.54, 1.807) is 36.4 Å². The summed E-state index contributed by atoms with van der Waals surface area (Å²) in [5.41, 5.74) is 0.793. The fraction of sp³-hybridized carbons (Fsp3) is 0. The molecule has 2 aromatic heterocycles. The van der Waals surface area contributed by atoms with Gasteiger partial charge >= 0.3 is 0 Å². The smallest absolute Gasteiger partial charge is 0.280 e. The van der Waals surface area contributed by atoms with Crippen molar-refractivity contribution in [2.75, 3.05) is 4.72 Å². The number of rotatable bonds is 7. The van der Waals surface area contributed by atoms with Crippen LogP contribution in [0.1, 0.15) is 5.76 Å². The van der Waals surface area contributed by atoms with E-state index in [0.29, 0.717) is 22.8 Å². The van der Waals surface area contributed by atoms with E-state index in [9.17, 15) is 18.5 Å². The Bertz CT molecular complexity index is 1380. The van der Waals surface area contributed by atoms with Gasteiger partial charge in [0.2, 0.25) is 5.95 Å². The molecule has 0 aliphatic heterocycles. The third-order valence-corrected chi connectivity index (χ3v) is 5.62. The van der Waals surface area contributed by atoms with Gasteiger partial charge in [0.1, 0.15) is 11.5 Å². The average Bonchev–Trinajstić information content (AvgIpc) is 3.27. The molecule has 0 spiro atoms. The van der Waals surface area contributed by atoms with Gasteiger partial charge in [-0.05, 0) is 48.5 Å². The zero-order valence-corrected chi connectivity index (χ0v) is 17.1. The van der Waals surface area contributed by atoms with E-state index >= 15 is 0 Å².